The van der Waals surface area contributed by atoms with Gasteiger partial charge in [-0.05, 0) is 38.2 Å². The maximum Gasteiger partial charge on any atom is 0.230 e. The van der Waals surface area contributed by atoms with E-state index < -0.39 is 0 Å². The molecule has 0 spiro atoms. The number of hydrogen-bond acceptors (Lipinski definition) is 7. The second kappa shape index (κ2) is 9.80. The molecule has 1 N–H and O–H groups in total. The molecule has 0 fully saturated rings. The third kappa shape index (κ3) is 4.91. The molecule has 0 aromatic carbocycles. The number of carbonyl (C=O) groups excluding carboxylic acids is 1. The van der Waals surface area contributed by atoms with Crippen LogP contribution in [0.5, 0.6) is 0 Å². The van der Waals surface area contributed by atoms with E-state index in [1.807, 2.05) is 36.7 Å². The highest BCUT2D eigenvalue weighted by Crippen LogP contribution is 2.26. The molecular formula is C20H27N5O3S. The zero-order chi connectivity index (χ0) is 20.8. The van der Waals surface area contributed by atoms with Crippen LogP contribution >= 0.6 is 11.8 Å². The minimum atomic E-state index is -0.0530. The fraction of sp³-hybridized carbons (Fsp3) is 0.450. The van der Waals surface area contributed by atoms with Crippen molar-refractivity contribution in [1.82, 2.24) is 25.0 Å². The van der Waals surface area contributed by atoms with Crippen LogP contribution in [-0.4, -0.2) is 51.0 Å². The van der Waals surface area contributed by atoms with Gasteiger partial charge in [0.2, 0.25) is 5.91 Å². The van der Waals surface area contributed by atoms with Crippen LogP contribution in [-0.2, 0) is 11.8 Å². The third-order valence-corrected chi connectivity index (χ3v) is 5.90. The molecule has 1 amide bonds. The number of thioether (sulfide) groups is 1. The SMILES string of the molecule is CCN(CC)C(CNC(=O)CSc1nnc(-c2ccoc2C)n1C)c1ccco1. The van der Waals surface area contributed by atoms with E-state index in [4.69, 9.17) is 8.83 Å². The van der Waals surface area contributed by atoms with Gasteiger partial charge in [-0.15, -0.1) is 10.2 Å². The lowest BCUT2D eigenvalue weighted by Crippen LogP contribution is -2.38. The number of hydrogen-bond donors (Lipinski definition) is 1. The highest BCUT2D eigenvalue weighted by molar-refractivity contribution is 7.99. The molecule has 3 aromatic heterocycles. The van der Waals surface area contributed by atoms with Crippen molar-refractivity contribution in [2.45, 2.75) is 32.0 Å². The second-order valence-corrected chi connectivity index (χ2v) is 7.54. The van der Waals surface area contributed by atoms with E-state index >= 15 is 0 Å². The quantitative estimate of drug-likeness (QED) is 0.506. The molecule has 8 nitrogen and oxygen atoms in total. The van der Waals surface area contributed by atoms with Crippen molar-refractivity contribution >= 4 is 17.7 Å². The number of nitrogens with one attached hydrogen (secondary N) is 1. The molecule has 0 aliphatic heterocycles. The van der Waals surface area contributed by atoms with Crippen molar-refractivity contribution in [3.8, 4) is 11.4 Å². The Hall–Kier alpha value is -2.52. The van der Waals surface area contributed by atoms with Gasteiger partial charge in [0.15, 0.2) is 11.0 Å². The van der Waals surface area contributed by atoms with Gasteiger partial charge in [0.25, 0.3) is 0 Å². The number of nitrogens with zero attached hydrogens (tertiary/aromatic N) is 4. The van der Waals surface area contributed by atoms with E-state index in [0.717, 1.165) is 36.0 Å². The largest absolute Gasteiger partial charge is 0.469 e. The van der Waals surface area contributed by atoms with Gasteiger partial charge in [-0.2, -0.15) is 0 Å². The van der Waals surface area contributed by atoms with Crippen LogP contribution in [0.15, 0.2) is 44.7 Å². The Morgan fingerprint density at radius 3 is 2.66 bits per heavy atom. The summed E-state index contributed by atoms with van der Waals surface area (Å²) in [6.07, 6.45) is 3.29. The average Bonchev–Trinajstić information content (AvgIpc) is 3.45. The maximum absolute atomic E-state index is 12.4. The first-order valence-corrected chi connectivity index (χ1v) is 10.6. The van der Waals surface area contributed by atoms with Crippen molar-refractivity contribution in [1.29, 1.82) is 0 Å². The molecule has 3 aromatic rings. The molecule has 29 heavy (non-hydrogen) atoms. The summed E-state index contributed by atoms with van der Waals surface area (Å²) < 4.78 is 12.8. The fourth-order valence-electron chi connectivity index (χ4n) is 3.24. The first-order chi connectivity index (χ1) is 14.0. The summed E-state index contributed by atoms with van der Waals surface area (Å²) in [6.45, 7) is 8.33. The molecule has 3 rings (SSSR count). The Morgan fingerprint density at radius 2 is 2.03 bits per heavy atom. The molecule has 3 heterocycles. The predicted octanol–water partition coefficient (Wildman–Crippen LogP) is 3.27. The lowest BCUT2D eigenvalue weighted by molar-refractivity contribution is -0.118. The smallest absolute Gasteiger partial charge is 0.230 e. The normalized spacial score (nSPS) is 12.4. The summed E-state index contributed by atoms with van der Waals surface area (Å²) in [5.74, 6) is 2.57. The molecule has 0 aliphatic rings. The van der Waals surface area contributed by atoms with E-state index in [1.165, 1.54) is 11.8 Å². The zero-order valence-electron chi connectivity index (χ0n) is 17.2. The molecule has 1 unspecified atom stereocenters. The lowest BCUT2D eigenvalue weighted by Gasteiger charge is -2.28. The van der Waals surface area contributed by atoms with Gasteiger partial charge < -0.3 is 18.7 Å². The number of aromatic nitrogens is 3. The molecule has 0 bridgehead atoms. The minimum Gasteiger partial charge on any atom is -0.469 e. The summed E-state index contributed by atoms with van der Waals surface area (Å²) in [5, 5.41) is 12.1. The van der Waals surface area contributed by atoms with Crippen molar-refractivity contribution in [3.05, 3.63) is 42.2 Å². The molecule has 9 heteroatoms. The van der Waals surface area contributed by atoms with Crippen molar-refractivity contribution < 1.29 is 13.6 Å². The first kappa shape index (κ1) is 21.2. The highest BCUT2D eigenvalue weighted by Gasteiger charge is 2.22. The van der Waals surface area contributed by atoms with E-state index in [1.54, 1.807) is 12.5 Å². The number of furan rings is 2. The number of amides is 1. The molecule has 0 radical (unpaired) electrons. The average molecular weight is 418 g/mol. The molecule has 156 valence electrons. The van der Waals surface area contributed by atoms with Crippen molar-refractivity contribution in [2.75, 3.05) is 25.4 Å². The van der Waals surface area contributed by atoms with Gasteiger partial charge in [-0.25, -0.2) is 0 Å². The zero-order valence-corrected chi connectivity index (χ0v) is 18.0. The van der Waals surface area contributed by atoms with Crippen LogP contribution in [0, 0.1) is 6.92 Å². The van der Waals surface area contributed by atoms with Gasteiger partial charge in [0.05, 0.1) is 29.9 Å². The van der Waals surface area contributed by atoms with Gasteiger partial charge in [0, 0.05) is 13.6 Å². The van der Waals surface area contributed by atoms with Crippen LogP contribution in [0.4, 0.5) is 0 Å². The summed E-state index contributed by atoms with van der Waals surface area (Å²) >= 11 is 1.36. The Balaban J connectivity index is 1.57. The van der Waals surface area contributed by atoms with Crippen LogP contribution in [0.25, 0.3) is 11.4 Å². The molecular weight excluding hydrogens is 390 g/mol. The number of aryl methyl sites for hydroxylation is 1. The molecule has 0 saturated heterocycles. The van der Waals surface area contributed by atoms with Gasteiger partial charge in [0.1, 0.15) is 11.5 Å². The summed E-state index contributed by atoms with van der Waals surface area (Å²) in [6, 6.07) is 5.70. The molecule has 1 atom stereocenters. The molecule has 0 aliphatic carbocycles. The van der Waals surface area contributed by atoms with Crippen molar-refractivity contribution in [3.63, 3.8) is 0 Å². The van der Waals surface area contributed by atoms with Crippen LogP contribution in [0.1, 0.15) is 31.4 Å². The van der Waals surface area contributed by atoms with Crippen LogP contribution < -0.4 is 5.32 Å². The van der Waals surface area contributed by atoms with Crippen LogP contribution in [0.2, 0.25) is 0 Å². The van der Waals surface area contributed by atoms with Gasteiger partial charge >= 0.3 is 0 Å². The van der Waals surface area contributed by atoms with E-state index in [9.17, 15) is 4.79 Å². The second-order valence-electron chi connectivity index (χ2n) is 6.60. The van der Waals surface area contributed by atoms with Crippen molar-refractivity contribution in [2.24, 2.45) is 7.05 Å². The van der Waals surface area contributed by atoms with Gasteiger partial charge in [-0.1, -0.05) is 25.6 Å². The third-order valence-electron chi connectivity index (χ3n) is 4.88. The monoisotopic (exact) mass is 417 g/mol. The predicted molar refractivity (Wildman–Crippen MR) is 112 cm³/mol. The summed E-state index contributed by atoms with van der Waals surface area (Å²) in [4.78, 5) is 14.7. The Bertz CT molecular complexity index is 915. The number of likely N-dealkylation sites (N-methyl/N-ethyl adjacent to an activating group) is 1. The topological polar surface area (TPSA) is 89.3 Å². The Morgan fingerprint density at radius 1 is 1.24 bits per heavy atom. The van der Waals surface area contributed by atoms with E-state index in [2.05, 4.69) is 34.3 Å². The number of rotatable bonds is 10. The highest BCUT2D eigenvalue weighted by atomic mass is 32.2. The summed E-state index contributed by atoms with van der Waals surface area (Å²) in [5.41, 5.74) is 0.900. The molecule has 0 saturated carbocycles. The first-order valence-electron chi connectivity index (χ1n) is 9.65. The fourth-order valence-corrected chi connectivity index (χ4v) is 3.98. The van der Waals surface area contributed by atoms with E-state index in [0.29, 0.717) is 11.7 Å². The Labute approximate surface area is 174 Å². The standard InChI is InChI=1S/C20H27N5O3S/c1-5-25(6-2)16(17-8-7-10-28-17)12-21-18(26)13-29-20-23-22-19(24(20)4)15-9-11-27-14(15)3/h7-11,16H,5-6,12-13H2,1-4H3,(H,21,26). The van der Waals surface area contributed by atoms with Gasteiger partial charge in [-0.3, -0.25) is 9.69 Å². The maximum atomic E-state index is 12.4. The Kier molecular flexibility index (Phi) is 7.16. The number of carbonyl (C=O) groups is 1. The van der Waals surface area contributed by atoms with Crippen LogP contribution in [0.3, 0.4) is 0 Å². The minimum absolute atomic E-state index is 0.0134. The lowest BCUT2D eigenvalue weighted by atomic mass is 10.2. The van der Waals surface area contributed by atoms with E-state index in [-0.39, 0.29) is 17.7 Å². The summed E-state index contributed by atoms with van der Waals surface area (Å²) in [7, 11) is 1.88.